The monoisotopic (exact) mass is 297 g/mol. The lowest BCUT2D eigenvalue weighted by Crippen LogP contribution is -2.31. The summed E-state index contributed by atoms with van der Waals surface area (Å²) in [6, 6.07) is 2.39. The number of anilines is 1. The van der Waals surface area contributed by atoms with Gasteiger partial charge < -0.3 is 10.4 Å². The molecule has 0 aliphatic heterocycles. The lowest BCUT2D eigenvalue weighted by atomic mass is 9.81. The van der Waals surface area contributed by atoms with Gasteiger partial charge in [-0.2, -0.15) is 0 Å². The van der Waals surface area contributed by atoms with Crippen molar-refractivity contribution in [1.82, 2.24) is 0 Å². The van der Waals surface area contributed by atoms with Gasteiger partial charge in [0.1, 0.15) is 11.5 Å². The number of benzene rings is 1. The maximum Gasteiger partial charge on any atom is 0.306 e. The molecule has 1 fully saturated rings. The van der Waals surface area contributed by atoms with Crippen LogP contribution in [0.5, 0.6) is 0 Å². The summed E-state index contributed by atoms with van der Waals surface area (Å²) in [6.45, 7) is 1.48. The molecular weight excluding hydrogens is 280 g/mol. The van der Waals surface area contributed by atoms with Crippen LogP contribution in [0.4, 0.5) is 14.5 Å². The fraction of sp³-hybridized carbons (Fsp3) is 0.467. The summed E-state index contributed by atoms with van der Waals surface area (Å²) in [6.07, 6.45) is 1.89. The minimum absolute atomic E-state index is 0.205. The molecule has 0 radical (unpaired) electrons. The van der Waals surface area contributed by atoms with Crippen LogP contribution in [0.2, 0.25) is 0 Å². The van der Waals surface area contributed by atoms with Gasteiger partial charge in [0.2, 0.25) is 5.91 Å². The van der Waals surface area contributed by atoms with Crippen LogP contribution in [0.15, 0.2) is 12.1 Å². The van der Waals surface area contributed by atoms with Crippen molar-refractivity contribution < 1.29 is 23.5 Å². The Morgan fingerprint density at radius 2 is 1.90 bits per heavy atom. The van der Waals surface area contributed by atoms with Gasteiger partial charge in [0.15, 0.2) is 5.82 Å². The summed E-state index contributed by atoms with van der Waals surface area (Å²) in [7, 11) is 0. The van der Waals surface area contributed by atoms with E-state index in [4.69, 9.17) is 5.11 Å². The molecule has 0 saturated heterocycles. The minimum atomic E-state index is -0.930. The van der Waals surface area contributed by atoms with Crippen molar-refractivity contribution in [2.45, 2.75) is 32.6 Å². The van der Waals surface area contributed by atoms with Crippen molar-refractivity contribution in [2.75, 3.05) is 5.32 Å². The van der Waals surface area contributed by atoms with Crippen LogP contribution in [0, 0.1) is 30.4 Å². The predicted octanol–water partition coefficient (Wildman–Crippen LogP) is 3.10. The molecule has 1 aliphatic carbocycles. The highest BCUT2D eigenvalue weighted by Crippen LogP contribution is 2.31. The number of hydrogen-bond donors (Lipinski definition) is 2. The van der Waals surface area contributed by atoms with E-state index >= 15 is 0 Å². The van der Waals surface area contributed by atoms with E-state index in [0.29, 0.717) is 19.3 Å². The zero-order valence-corrected chi connectivity index (χ0v) is 11.7. The Morgan fingerprint density at radius 3 is 2.57 bits per heavy atom. The van der Waals surface area contributed by atoms with Gasteiger partial charge in [-0.3, -0.25) is 9.59 Å². The molecular formula is C15H17F2NO3. The number of amides is 1. The average molecular weight is 297 g/mol. The number of aliphatic carboxylic acids is 1. The summed E-state index contributed by atoms with van der Waals surface area (Å²) in [5.41, 5.74) is -0.226. The Labute approximate surface area is 121 Å². The molecule has 0 heterocycles. The first-order valence-corrected chi connectivity index (χ1v) is 6.88. The van der Waals surface area contributed by atoms with E-state index in [1.807, 2.05) is 0 Å². The quantitative estimate of drug-likeness (QED) is 0.901. The molecule has 1 amide bonds. The highest BCUT2D eigenvalue weighted by Gasteiger charge is 2.31. The smallest absolute Gasteiger partial charge is 0.306 e. The van der Waals surface area contributed by atoms with Crippen LogP contribution in [0.25, 0.3) is 0 Å². The largest absolute Gasteiger partial charge is 0.481 e. The molecule has 1 saturated carbocycles. The molecule has 0 spiro atoms. The van der Waals surface area contributed by atoms with Crippen LogP contribution in [-0.2, 0) is 9.59 Å². The molecule has 6 heteroatoms. The first-order chi connectivity index (χ1) is 9.90. The van der Waals surface area contributed by atoms with Crippen molar-refractivity contribution in [3.05, 3.63) is 29.3 Å². The third-order valence-electron chi connectivity index (χ3n) is 3.93. The highest BCUT2D eigenvalue weighted by atomic mass is 19.1. The number of carboxylic acids is 1. The van der Waals surface area contributed by atoms with E-state index in [9.17, 15) is 18.4 Å². The summed E-state index contributed by atoms with van der Waals surface area (Å²) in [5.74, 6) is -4.18. The van der Waals surface area contributed by atoms with Gasteiger partial charge in [-0.15, -0.1) is 0 Å². The third kappa shape index (κ3) is 3.37. The van der Waals surface area contributed by atoms with Crippen molar-refractivity contribution in [1.29, 1.82) is 0 Å². The number of hydrogen-bond acceptors (Lipinski definition) is 2. The third-order valence-corrected chi connectivity index (χ3v) is 3.93. The Hall–Kier alpha value is -1.98. The molecule has 1 aromatic carbocycles. The van der Waals surface area contributed by atoms with Gasteiger partial charge in [-0.1, -0.05) is 12.5 Å². The van der Waals surface area contributed by atoms with E-state index in [-0.39, 0.29) is 12.0 Å². The van der Waals surface area contributed by atoms with Crippen molar-refractivity contribution >= 4 is 17.6 Å². The number of rotatable bonds is 3. The molecule has 21 heavy (non-hydrogen) atoms. The summed E-state index contributed by atoms with van der Waals surface area (Å²) >= 11 is 0. The average Bonchev–Trinajstić information content (AvgIpc) is 2.47. The van der Waals surface area contributed by atoms with Gasteiger partial charge in [-0.05, 0) is 37.8 Å². The van der Waals surface area contributed by atoms with Gasteiger partial charge >= 0.3 is 5.97 Å². The fourth-order valence-electron chi connectivity index (χ4n) is 2.65. The van der Waals surface area contributed by atoms with Crippen molar-refractivity contribution in [3.63, 3.8) is 0 Å². The molecule has 2 rings (SSSR count). The topological polar surface area (TPSA) is 66.4 Å². The van der Waals surface area contributed by atoms with Gasteiger partial charge in [0.25, 0.3) is 0 Å². The molecule has 2 unspecified atom stereocenters. The van der Waals surface area contributed by atoms with Gasteiger partial charge in [0.05, 0.1) is 5.92 Å². The van der Waals surface area contributed by atoms with E-state index < -0.39 is 41.0 Å². The lowest BCUT2D eigenvalue weighted by molar-refractivity contribution is -0.143. The number of carbonyl (C=O) groups is 2. The number of carboxylic acid groups (broad SMARTS) is 1. The molecule has 4 nitrogen and oxygen atoms in total. The first kappa shape index (κ1) is 15.4. The van der Waals surface area contributed by atoms with Gasteiger partial charge in [-0.25, -0.2) is 8.78 Å². The predicted molar refractivity (Wildman–Crippen MR) is 72.8 cm³/mol. The first-order valence-electron chi connectivity index (χ1n) is 6.88. The second kappa shape index (κ2) is 6.20. The van der Waals surface area contributed by atoms with Crippen LogP contribution in [-0.4, -0.2) is 17.0 Å². The molecule has 2 N–H and O–H groups in total. The Morgan fingerprint density at radius 1 is 1.24 bits per heavy atom. The second-order valence-electron chi connectivity index (χ2n) is 5.44. The lowest BCUT2D eigenvalue weighted by Gasteiger charge is -2.25. The van der Waals surface area contributed by atoms with Gasteiger partial charge in [0, 0.05) is 5.92 Å². The zero-order chi connectivity index (χ0) is 15.6. The maximum atomic E-state index is 13.8. The standard InChI is InChI=1S/C15H17F2NO3/c1-8-5-6-11(16)13(12(8)17)18-14(19)9-3-2-4-10(7-9)15(20)21/h5-6,9-10H,2-4,7H2,1H3,(H,18,19)(H,20,21). The minimum Gasteiger partial charge on any atom is -0.481 e. The molecule has 114 valence electrons. The highest BCUT2D eigenvalue weighted by molar-refractivity contribution is 5.93. The maximum absolute atomic E-state index is 13.8. The van der Waals surface area contributed by atoms with E-state index in [1.165, 1.54) is 13.0 Å². The van der Waals surface area contributed by atoms with Crippen molar-refractivity contribution in [2.24, 2.45) is 11.8 Å². The van der Waals surface area contributed by atoms with Crippen LogP contribution < -0.4 is 5.32 Å². The van der Waals surface area contributed by atoms with E-state index in [2.05, 4.69) is 5.32 Å². The number of nitrogens with one attached hydrogen (secondary N) is 1. The Bertz CT molecular complexity index is 574. The summed E-state index contributed by atoms with van der Waals surface area (Å²) < 4.78 is 27.5. The number of carbonyl (C=O) groups excluding carboxylic acids is 1. The second-order valence-corrected chi connectivity index (χ2v) is 5.44. The Balaban J connectivity index is 2.11. The fourth-order valence-corrected chi connectivity index (χ4v) is 2.65. The van der Waals surface area contributed by atoms with Crippen LogP contribution in [0.1, 0.15) is 31.2 Å². The summed E-state index contributed by atoms with van der Waals surface area (Å²) in [4.78, 5) is 23.1. The Kier molecular flexibility index (Phi) is 4.55. The zero-order valence-electron chi connectivity index (χ0n) is 11.7. The molecule has 1 aliphatic rings. The molecule has 1 aromatic rings. The van der Waals surface area contributed by atoms with E-state index in [0.717, 1.165) is 6.07 Å². The molecule has 0 bridgehead atoms. The SMILES string of the molecule is Cc1ccc(F)c(NC(=O)C2CCCC(C(=O)O)C2)c1F. The summed E-state index contributed by atoms with van der Waals surface area (Å²) in [5, 5.41) is 11.3. The normalized spacial score (nSPS) is 21.9. The van der Waals surface area contributed by atoms with Crippen molar-refractivity contribution in [3.8, 4) is 0 Å². The van der Waals surface area contributed by atoms with Crippen LogP contribution >= 0.6 is 0 Å². The number of halogens is 2. The van der Waals surface area contributed by atoms with E-state index in [1.54, 1.807) is 0 Å². The number of aryl methyl sites for hydroxylation is 1. The van der Waals surface area contributed by atoms with Crippen LogP contribution in [0.3, 0.4) is 0 Å². The molecule has 0 aromatic heterocycles. The molecule has 2 atom stereocenters.